The van der Waals surface area contributed by atoms with Gasteiger partial charge in [-0.05, 0) is 31.4 Å². The molecule has 94 valence electrons. The predicted molar refractivity (Wildman–Crippen MR) is 72.9 cm³/mol. The van der Waals surface area contributed by atoms with E-state index in [0.717, 1.165) is 16.8 Å². The summed E-state index contributed by atoms with van der Waals surface area (Å²) in [6.07, 6.45) is 5.01. The summed E-state index contributed by atoms with van der Waals surface area (Å²) in [6, 6.07) is 3.72. The first-order chi connectivity index (χ1) is 9.15. The van der Waals surface area contributed by atoms with Crippen LogP contribution in [0, 0.1) is 13.8 Å². The Labute approximate surface area is 109 Å². The molecule has 0 bridgehead atoms. The monoisotopic (exact) mass is 252 g/mol. The first-order valence-electron chi connectivity index (χ1n) is 5.93. The van der Waals surface area contributed by atoms with Gasteiger partial charge in [0.15, 0.2) is 0 Å². The van der Waals surface area contributed by atoms with E-state index in [1.807, 2.05) is 26.0 Å². The van der Waals surface area contributed by atoms with Gasteiger partial charge in [-0.1, -0.05) is 0 Å². The average molecular weight is 252 g/mol. The Hall–Kier alpha value is -2.56. The minimum Gasteiger partial charge on any atom is -0.329 e. The van der Waals surface area contributed by atoms with Gasteiger partial charge in [0.25, 0.3) is 5.56 Å². The normalized spacial score (nSPS) is 10.8. The number of aryl methyl sites for hydroxylation is 2. The van der Waals surface area contributed by atoms with Gasteiger partial charge < -0.3 is 4.98 Å². The third kappa shape index (κ3) is 1.99. The molecule has 3 rings (SSSR count). The first-order valence-corrected chi connectivity index (χ1v) is 5.93. The third-order valence-corrected chi connectivity index (χ3v) is 2.95. The van der Waals surface area contributed by atoms with Gasteiger partial charge in [0, 0.05) is 12.4 Å². The molecule has 3 aromatic rings. The van der Waals surface area contributed by atoms with E-state index in [-0.39, 0.29) is 5.56 Å². The van der Waals surface area contributed by atoms with Crippen LogP contribution in [0.3, 0.4) is 0 Å². The Morgan fingerprint density at radius 1 is 1.11 bits per heavy atom. The molecule has 0 saturated heterocycles. The SMILES string of the molecule is Cc1cncc(-c2cc3cc[nH]c(=O)c3c(C)n2)n1. The fourth-order valence-electron chi connectivity index (χ4n) is 2.12. The molecule has 0 spiro atoms. The lowest BCUT2D eigenvalue weighted by Gasteiger charge is -2.05. The number of H-pyrrole nitrogens is 1. The second-order valence-corrected chi connectivity index (χ2v) is 4.41. The standard InChI is InChI=1S/C14H12N4O/c1-8-6-15-7-12(17-8)11-5-10-3-4-16-14(19)13(10)9(2)18-11/h3-7H,1-2H3,(H,16,19). The maximum absolute atomic E-state index is 11.8. The van der Waals surface area contributed by atoms with E-state index in [0.29, 0.717) is 16.8 Å². The summed E-state index contributed by atoms with van der Waals surface area (Å²) in [5.74, 6) is 0. The van der Waals surface area contributed by atoms with Gasteiger partial charge in [0.1, 0.15) is 5.69 Å². The molecule has 3 heterocycles. The highest BCUT2D eigenvalue weighted by Gasteiger charge is 2.08. The summed E-state index contributed by atoms with van der Waals surface area (Å²) in [7, 11) is 0. The number of nitrogens with one attached hydrogen (secondary N) is 1. The molecule has 0 aromatic carbocycles. The summed E-state index contributed by atoms with van der Waals surface area (Å²) >= 11 is 0. The number of pyridine rings is 2. The lowest BCUT2D eigenvalue weighted by Crippen LogP contribution is -2.07. The first kappa shape index (κ1) is 11.5. The molecule has 0 saturated carbocycles. The minimum absolute atomic E-state index is 0.121. The van der Waals surface area contributed by atoms with Gasteiger partial charge in [0.05, 0.1) is 28.7 Å². The lowest BCUT2D eigenvalue weighted by molar-refractivity contribution is 1.10. The molecule has 0 aliphatic heterocycles. The predicted octanol–water partition coefficient (Wildman–Crippen LogP) is 2.00. The van der Waals surface area contributed by atoms with E-state index in [9.17, 15) is 4.79 Å². The summed E-state index contributed by atoms with van der Waals surface area (Å²) in [5, 5.41) is 1.47. The van der Waals surface area contributed by atoms with Crippen molar-refractivity contribution in [1.82, 2.24) is 19.9 Å². The molecule has 0 atom stereocenters. The second kappa shape index (κ2) is 4.28. The zero-order valence-electron chi connectivity index (χ0n) is 10.6. The van der Waals surface area contributed by atoms with Crippen LogP contribution in [-0.2, 0) is 0 Å². The molecule has 0 radical (unpaired) electrons. The highest BCUT2D eigenvalue weighted by molar-refractivity contribution is 5.86. The molecule has 19 heavy (non-hydrogen) atoms. The number of fused-ring (bicyclic) bond motifs is 1. The van der Waals surface area contributed by atoms with Crippen LogP contribution in [0.25, 0.3) is 22.2 Å². The molecule has 5 nitrogen and oxygen atoms in total. The van der Waals surface area contributed by atoms with Crippen molar-refractivity contribution in [2.24, 2.45) is 0 Å². The van der Waals surface area contributed by atoms with Gasteiger partial charge in [-0.3, -0.25) is 14.8 Å². The average Bonchev–Trinajstić information content (AvgIpc) is 2.38. The van der Waals surface area contributed by atoms with Gasteiger partial charge in [-0.15, -0.1) is 0 Å². The summed E-state index contributed by atoms with van der Waals surface area (Å²) in [5.41, 5.74) is 2.85. The Morgan fingerprint density at radius 3 is 2.74 bits per heavy atom. The Balaban J connectivity index is 2.30. The molecule has 0 amide bonds. The number of nitrogens with zero attached hydrogens (tertiary/aromatic N) is 3. The second-order valence-electron chi connectivity index (χ2n) is 4.41. The molecular formula is C14H12N4O. The van der Waals surface area contributed by atoms with Crippen molar-refractivity contribution in [2.45, 2.75) is 13.8 Å². The summed E-state index contributed by atoms with van der Waals surface area (Å²) < 4.78 is 0. The molecule has 0 unspecified atom stereocenters. The highest BCUT2D eigenvalue weighted by Crippen LogP contribution is 2.20. The van der Waals surface area contributed by atoms with Crippen molar-refractivity contribution in [1.29, 1.82) is 0 Å². The van der Waals surface area contributed by atoms with E-state index in [1.54, 1.807) is 18.6 Å². The van der Waals surface area contributed by atoms with Crippen LogP contribution < -0.4 is 5.56 Å². The van der Waals surface area contributed by atoms with Crippen molar-refractivity contribution in [3.63, 3.8) is 0 Å². The van der Waals surface area contributed by atoms with Gasteiger partial charge in [0.2, 0.25) is 0 Å². The van der Waals surface area contributed by atoms with Crippen LogP contribution >= 0.6 is 0 Å². The number of rotatable bonds is 1. The lowest BCUT2D eigenvalue weighted by atomic mass is 10.1. The number of aromatic amines is 1. The quantitative estimate of drug-likeness (QED) is 0.719. The zero-order valence-corrected chi connectivity index (χ0v) is 10.6. The van der Waals surface area contributed by atoms with E-state index in [4.69, 9.17) is 0 Å². The third-order valence-electron chi connectivity index (χ3n) is 2.95. The Morgan fingerprint density at radius 2 is 1.95 bits per heavy atom. The smallest absolute Gasteiger partial charge is 0.257 e. The number of aromatic nitrogens is 4. The molecule has 1 N–H and O–H groups in total. The summed E-state index contributed by atoms with van der Waals surface area (Å²) in [6.45, 7) is 3.71. The van der Waals surface area contributed by atoms with Gasteiger partial charge in [-0.25, -0.2) is 4.98 Å². The van der Waals surface area contributed by atoms with Crippen LogP contribution in [0.2, 0.25) is 0 Å². The van der Waals surface area contributed by atoms with Gasteiger partial charge in [-0.2, -0.15) is 0 Å². The van der Waals surface area contributed by atoms with Crippen molar-refractivity contribution in [3.05, 3.63) is 52.5 Å². The van der Waals surface area contributed by atoms with E-state index >= 15 is 0 Å². The van der Waals surface area contributed by atoms with Crippen LogP contribution in [0.4, 0.5) is 0 Å². The number of hydrogen-bond acceptors (Lipinski definition) is 4. The maximum Gasteiger partial charge on any atom is 0.257 e. The van der Waals surface area contributed by atoms with E-state index in [2.05, 4.69) is 19.9 Å². The van der Waals surface area contributed by atoms with Crippen LogP contribution in [-0.4, -0.2) is 19.9 Å². The van der Waals surface area contributed by atoms with Crippen molar-refractivity contribution in [3.8, 4) is 11.4 Å². The van der Waals surface area contributed by atoms with Crippen molar-refractivity contribution < 1.29 is 0 Å². The fraction of sp³-hybridized carbons (Fsp3) is 0.143. The van der Waals surface area contributed by atoms with Crippen LogP contribution in [0.15, 0.2) is 35.5 Å². The van der Waals surface area contributed by atoms with Gasteiger partial charge >= 0.3 is 0 Å². The molecule has 0 aliphatic rings. The Kier molecular flexibility index (Phi) is 2.59. The van der Waals surface area contributed by atoms with E-state index < -0.39 is 0 Å². The van der Waals surface area contributed by atoms with Crippen LogP contribution in [0.1, 0.15) is 11.4 Å². The summed E-state index contributed by atoms with van der Waals surface area (Å²) in [4.78, 5) is 27.4. The molecule has 0 fully saturated rings. The molecule has 0 aliphatic carbocycles. The minimum atomic E-state index is -0.121. The maximum atomic E-state index is 11.8. The highest BCUT2D eigenvalue weighted by atomic mass is 16.1. The largest absolute Gasteiger partial charge is 0.329 e. The Bertz CT molecular complexity index is 823. The van der Waals surface area contributed by atoms with Crippen molar-refractivity contribution >= 4 is 10.8 Å². The zero-order chi connectivity index (χ0) is 13.4. The number of hydrogen-bond donors (Lipinski definition) is 1. The topological polar surface area (TPSA) is 71.5 Å². The van der Waals surface area contributed by atoms with E-state index in [1.165, 1.54) is 0 Å². The molecule has 5 heteroatoms. The fourth-order valence-corrected chi connectivity index (χ4v) is 2.12. The molecular weight excluding hydrogens is 240 g/mol. The van der Waals surface area contributed by atoms with Crippen molar-refractivity contribution in [2.75, 3.05) is 0 Å². The molecule has 3 aromatic heterocycles. The van der Waals surface area contributed by atoms with Crippen LogP contribution in [0.5, 0.6) is 0 Å².